The molecule has 0 bridgehead atoms. The summed E-state index contributed by atoms with van der Waals surface area (Å²) in [6, 6.07) is 17.0. The van der Waals surface area contributed by atoms with E-state index in [1.807, 2.05) is 0 Å². The van der Waals surface area contributed by atoms with Crippen molar-refractivity contribution in [3.8, 4) is 0 Å². The summed E-state index contributed by atoms with van der Waals surface area (Å²) >= 11 is 6.56. The number of rotatable bonds is 6. The molecule has 1 atom stereocenters. The number of alkyl halides is 1. The number of benzene rings is 2. The van der Waals surface area contributed by atoms with Crippen molar-refractivity contribution >= 4 is 11.6 Å². The van der Waals surface area contributed by atoms with E-state index in [1.165, 1.54) is 11.1 Å². The number of aryl methyl sites for hydroxylation is 1. The van der Waals surface area contributed by atoms with Gasteiger partial charge in [-0.05, 0) is 35.1 Å². The summed E-state index contributed by atoms with van der Waals surface area (Å²) in [6.07, 6.45) is 2.00. The van der Waals surface area contributed by atoms with Crippen molar-refractivity contribution < 1.29 is 4.74 Å². The number of ether oxygens (including phenoxy) is 1. The summed E-state index contributed by atoms with van der Waals surface area (Å²) in [5.41, 5.74) is 4.90. The predicted octanol–water partition coefficient (Wildman–Crippen LogP) is 4.77. The van der Waals surface area contributed by atoms with Gasteiger partial charge in [0.15, 0.2) is 0 Å². The van der Waals surface area contributed by atoms with E-state index >= 15 is 0 Å². The Morgan fingerprint density at radius 2 is 1.40 bits per heavy atom. The van der Waals surface area contributed by atoms with Crippen LogP contribution in [-0.2, 0) is 17.6 Å². The Morgan fingerprint density at radius 3 is 1.85 bits per heavy atom. The van der Waals surface area contributed by atoms with Gasteiger partial charge in [0.2, 0.25) is 0 Å². The molecule has 2 aromatic rings. The molecule has 0 fully saturated rings. The summed E-state index contributed by atoms with van der Waals surface area (Å²) in [7, 11) is 1.73. The molecule has 0 spiro atoms. The molecule has 2 heteroatoms. The van der Waals surface area contributed by atoms with Gasteiger partial charge >= 0.3 is 0 Å². The Balaban J connectivity index is 2.09. The molecular weight excluding hydrogens is 268 g/mol. The van der Waals surface area contributed by atoms with Gasteiger partial charge in [0, 0.05) is 7.11 Å². The standard InChI is InChI=1S/C18H21ClO/c1-3-14-4-8-16(9-5-14)18(19)17-10-6-15(7-11-17)12-13-20-2/h4-11,18H,3,12-13H2,1-2H3. The molecule has 0 radical (unpaired) electrons. The largest absolute Gasteiger partial charge is 0.384 e. The summed E-state index contributed by atoms with van der Waals surface area (Å²) in [4.78, 5) is 0. The number of halogens is 1. The second kappa shape index (κ2) is 7.47. The predicted molar refractivity (Wildman–Crippen MR) is 85.5 cm³/mol. The van der Waals surface area contributed by atoms with Crippen LogP contribution < -0.4 is 0 Å². The van der Waals surface area contributed by atoms with Crippen LogP contribution in [0, 0.1) is 0 Å². The molecule has 106 valence electrons. The molecule has 0 amide bonds. The molecule has 0 saturated heterocycles. The van der Waals surface area contributed by atoms with Crippen molar-refractivity contribution in [2.45, 2.75) is 25.1 Å². The molecular formula is C18H21ClO. The molecule has 0 N–H and O–H groups in total. The van der Waals surface area contributed by atoms with Crippen LogP contribution in [0.5, 0.6) is 0 Å². The second-order valence-corrected chi connectivity index (χ2v) is 5.38. The zero-order valence-corrected chi connectivity index (χ0v) is 12.9. The molecule has 0 heterocycles. The van der Waals surface area contributed by atoms with Gasteiger partial charge in [-0.1, -0.05) is 55.5 Å². The second-order valence-electron chi connectivity index (χ2n) is 4.94. The Bertz CT molecular complexity index is 516. The normalized spacial score (nSPS) is 12.3. The minimum Gasteiger partial charge on any atom is -0.384 e. The fraction of sp³-hybridized carbons (Fsp3) is 0.333. The molecule has 2 rings (SSSR count). The molecule has 1 unspecified atom stereocenters. The highest BCUT2D eigenvalue weighted by Gasteiger charge is 2.10. The molecule has 0 aliphatic rings. The fourth-order valence-corrected chi connectivity index (χ4v) is 2.48. The highest BCUT2D eigenvalue weighted by molar-refractivity contribution is 6.22. The number of methoxy groups -OCH3 is 1. The first-order valence-electron chi connectivity index (χ1n) is 7.05. The van der Waals surface area contributed by atoms with E-state index in [1.54, 1.807) is 7.11 Å². The Labute approximate surface area is 126 Å². The highest BCUT2D eigenvalue weighted by Crippen LogP contribution is 2.29. The lowest BCUT2D eigenvalue weighted by molar-refractivity contribution is 0.202. The van der Waals surface area contributed by atoms with Gasteiger partial charge in [-0.15, -0.1) is 11.6 Å². The number of hydrogen-bond donors (Lipinski definition) is 0. The first kappa shape index (κ1) is 15.1. The lowest BCUT2D eigenvalue weighted by atomic mass is 10.0. The third-order valence-electron chi connectivity index (χ3n) is 3.55. The summed E-state index contributed by atoms with van der Waals surface area (Å²) in [5, 5.41) is -0.0858. The molecule has 0 saturated carbocycles. The van der Waals surface area contributed by atoms with Crippen LogP contribution in [0.15, 0.2) is 48.5 Å². The molecule has 1 nitrogen and oxygen atoms in total. The van der Waals surface area contributed by atoms with E-state index in [0.29, 0.717) is 0 Å². The molecule has 20 heavy (non-hydrogen) atoms. The van der Waals surface area contributed by atoms with Crippen molar-refractivity contribution in [3.63, 3.8) is 0 Å². The zero-order chi connectivity index (χ0) is 14.4. The maximum atomic E-state index is 6.56. The van der Waals surface area contributed by atoms with Gasteiger partial charge in [-0.25, -0.2) is 0 Å². The lowest BCUT2D eigenvalue weighted by Crippen LogP contribution is -1.97. The highest BCUT2D eigenvalue weighted by atomic mass is 35.5. The first-order chi connectivity index (χ1) is 9.74. The summed E-state index contributed by atoms with van der Waals surface area (Å²) in [6.45, 7) is 2.91. The van der Waals surface area contributed by atoms with E-state index < -0.39 is 0 Å². The summed E-state index contributed by atoms with van der Waals surface area (Å²) in [5.74, 6) is 0. The maximum Gasteiger partial charge on any atom is 0.0835 e. The number of hydrogen-bond acceptors (Lipinski definition) is 1. The fourth-order valence-electron chi connectivity index (χ4n) is 2.19. The van der Waals surface area contributed by atoms with Gasteiger partial charge in [0.05, 0.1) is 12.0 Å². The average molecular weight is 289 g/mol. The van der Waals surface area contributed by atoms with Crippen molar-refractivity contribution in [2.75, 3.05) is 13.7 Å². The van der Waals surface area contributed by atoms with Crippen molar-refractivity contribution in [1.82, 2.24) is 0 Å². The quantitative estimate of drug-likeness (QED) is 0.696. The molecule has 0 aromatic heterocycles. The van der Waals surface area contributed by atoms with Crippen LogP contribution in [0.3, 0.4) is 0 Å². The van der Waals surface area contributed by atoms with Crippen molar-refractivity contribution in [3.05, 3.63) is 70.8 Å². The van der Waals surface area contributed by atoms with E-state index in [-0.39, 0.29) is 5.38 Å². The van der Waals surface area contributed by atoms with Crippen LogP contribution in [-0.4, -0.2) is 13.7 Å². The minimum atomic E-state index is -0.0858. The zero-order valence-electron chi connectivity index (χ0n) is 12.1. The third-order valence-corrected chi connectivity index (χ3v) is 4.05. The van der Waals surface area contributed by atoms with Gasteiger partial charge in [-0.3, -0.25) is 0 Å². The molecule has 0 aliphatic carbocycles. The Morgan fingerprint density at radius 1 is 0.900 bits per heavy atom. The van der Waals surface area contributed by atoms with E-state index in [9.17, 15) is 0 Å². The third kappa shape index (κ3) is 3.84. The van der Waals surface area contributed by atoms with Gasteiger partial charge < -0.3 is 4.74 Å². The van der Waals surface area contributed by atoms with Gasteiger partial charge in [-0.2, -0.15) is 0 Å². The molecule has 0 aliphatic heterocycles. The first-order valence-corrected chi connectivity index (χ1v) is 7.49. The topological polar surface area (TPSA) is 9.23 Å². The lowest BCUT2D eigenvalue weighted by Gasteiger charge is -2.12. The van der Waals surface area contributed by atoms with Gasteiger partial charge in [0.1, 0.15) is 0 Å². The van der Waals surface area contributed by atoms with Crippen molar-refractivity contribution in [2.24, 2.45) is 0 Å². The monoisotopic (exact) mass is 288 g/mol. The van der Waals surface area contributed by atoms with E-state index in [0.717, 1.165) is 30.6 Å². The Hall–Kier alpha value is -1.31. The minimum absolute atomic E-state index is 0.0858. The SMILES string of the molecule is CCc1ccc(C(Cl)c2ccc(CCOC)cc2)cc1. The van der Waals surface area contributed by atoms with E-state index in [4.69, 9.17) is 16.3 Å². The van der Waals surface area contributed by atoms with Crippen LogP contribution >= 0.6 is 11.6 Å². The smallest absolute Gasteiger partial charge is 0.0835 e. The van der Waals surface area contributed by atoms with Crippen LogP contribution in [0.25, 0.3) is 0 Å². The maximum absolute atomic E-state index is 6.56. The van der Waals surface area contributed by atoms with Gasteiger partial charge in [0.25, 0.3) is 0 Å². The van der Waals surface area contributed by atoms with Crippen LogP contribution in [0.1, 0.15) is 34.6 Å². The van der Waals surface area contributed by atoms with Crippen molar-refractivity contribution in [1.29, 1.82) is 0 Å². The molecule has 2 aromatic carbocycles. The van der Waals surface area contributed by atoms with Crippen LogP contribution in [0.4, 0.5) is 0 Å². The average Bonchev–Trinajstić information content (AvgIpc) is 2.53. The Kier molecular flexibility index (Phi) is 5.63. The summed E-state index contributed by atoms with van der Waals surface area (Å²) < 4.78 is 5.09. The van der Waals surface area contributed by atoms with E-state index in [2.05, 4.69) is 55.5 Å². The van der Waals surface area contributed by atoms with Crippen LogP contribution in [0.2, 0.25) is 0 Å².